The van der Waals surface area contributed by atoms with Gasteiger partial charge in [-0.25, -0.2) is 0 Å². The Morgan fingerprint density at radius 3 is 2.60 bits per heavy atom. The SMILES string of the molecule is CCCCOCCOC1CC(NCC)C1. The number of rotatable bonds is 9. The molecular weight excluding hydrogens is 190 g/mol. The van der Waals surface area contributed by atoms with Gasteiger partial charge in [0, 0.05) is 12.6 Å². The Morgan fingerprint density at radius 2 is 1.93 bits per heavy atom. The van der Waals surface area contributed by atoms with Crippen LogP contribution in [0.2, 0.25) is 0 Å². The monoisotopic (exact) mass is 215 g/mol. The summed E-state index contributed by atoms with van der Waals surface area (Å²) in [6.07, 6.45) is 5.18. The van der Waals surface area contributed by atoms with Crippen molar-refractivity contribution in [2.45, 2.75) is 51.7 Å². The minimum Gasteiger partial charge on any atom is -0.379 e. The largest absolute Gasteiger partial charge is 0.379 e. The van der Waals surface area contributed by atoms with Crippen molar-refractivity contribution < 1.29 is 9.47 Å². The lowest BCUT2D eigenvalue weighted by Gasteiger charge is -2.35. The summed E-state index contributed by atoms with van der Waals surface area (Å²) >= 11 is 0. The first-order valence-electron chi connectivity index (χ1n) is 6.29. The molecule has 15 heavy (non-hydrogen) atoms. The average Bonchev–Trinajstić information content (AvgIpc) is 2.19. The highest BCUT2D eigenvalue weighted by Crippen LogP contribution is 2.22. The van der Waals surface area contributed by atoms with Crippen molar-refractivity contribution in [3.8, 4) is 0 Å². The van der Waals surface area contributed by atoms with E-state index < -0.39 is 0 Å². The quantitative estimate of drug-likeness (QED) is 0.596. The molecule has 0 spiro atoms. The third-order valence-electron chi connectivity index (χ3n) is 2.81. The first kappa shape index (κ1) is 12.9. The fraction of sp³-hybridized carbons (Fsp3) is 1.00. The summed E-state index contributed by atoms with van der Waals surface area (Å²) in [7, 11) is 0. The minimum atomic E-state index is 0.476. The molecule has 3 heteroatoms. The van der Waals surface area contributed by atoms with E-state index in [0.717, 1.165) is 32.8 Å². The molecule has 1 fully saturated rings. The molecule has 1 aliphatic carbocycles. The lowest BCUT2D eigenvalue weighted by atomic mass is 9.89. The number of unbranched alkanes of at least 4 members (excludes halogenated alkanes) is 1. The maximum Gasteiger partial charge on any atom is 0.0704 e. The molecule has 0 aromatic carbocycles. The maximum atomic E-state index is 5.67. The van der Waals surface area contributed by atoms with Gasteiger partial charge in [0.05, 0.1) is 19.3 Å². The molecule has 0 aliphatic heterocycles. The number of hydrogen-bond donors (Lipinski definition) is 1. The van der Waals surface area contributed by atoms with Crippen molar-refractivity contribution >= 4 is 0 Å². The first-order chi connectivity index (χ1) is 7.36. The van der Waals surface area contributed by atoms with Gasteiger partial charge in [-0.1, -0.05) is 20.3 Å². The van der Waals surface area contributed by atoms with Crippen LogP contribution in [0.25, 0.3) is 0 Å². The van der Waals surface area contributed by atoms with Crippen LogP contribution < -0.4 is 5.32 Å². The van der Waals surface area contributed by atoms with Crippen LogP contribution in [0.15, 0.2) is 0 Å². The van der Waals surface area contributed by atoms with Crippen LogP contribution in [-0.2, 0) is 9.47 Å². The van der Waals surface area contributed by atoms with Crippen LogP contribution in [0.5, 0.6) is 0 Å². The molecular formula is C12H25NO2. The van der Waals surface area contributed by atoms with Crippen molar-refractivity contribution in [3.63, 3.8) is 0 Å². The highest BCUT2D eigenvalue weighted by Gasteiger charge is 2.28. The zero-order valence-electron chi connectivity index (χ0n) is 10.1. The number of ether oxygens (including phenoxy) is 2. The number of hydrogen-bond acceptors (Lipinski definition) is 3. The molecule has 0 aromatic rings. The molecule has 0 atom stereocenters. The van der Waals surface area contributed by atoms with Gasteiger partial charge < -0.3 is 14.8 Å². The summed E-state index contributed by atoms with van der Waals surface area (Å²) in [5, 5.41) is 3.42. The molecule has 1 rings (SSSR count). The Bertz CT molecular complexity index is 147. The average molecular weight is 215 g/mol. The Hall–Kier alpha value is -0.120. The second-order valence-electron chi connectivity index (χ2n) is 4.18. The van der Waals surface area contributed by atoms with Crippen LogP contribution in [0, 0.1) is 0 Å². The summed E-state index contributed by atoms with van der Waals surface area (Å²) in [5.74, 6) is 0. The molecule has 0 unspecified atom stereocenters. The molecule has 0 heterocycles. The highest BCUT2D eigenvalue weighted by atomic mass is 16.5. The normalized spacial score (nSPS) is 25.2. The van der Waals surface area contributed by atoms with Gasteiger partial charge in [-0.2, -0.15) is 0 Å². The molecule has 3 nitrogen and oxygen atoms in total. The molecule has 1 aliphatic rings. The van der Waals surface area contributed by atoms with Gasteiger partial charge in [0.1, 0.15) is 0 Å². The van der Waals surface area contributed by atoms with E-state index in [1.807, 2.05) is 0 Å². The summed E-state index contributed by atoms with van der Waals surface area (Å²) in [6.45, 7) is 7.78. The van der Waals surface area contributed by atoms with E-state index in [-0.39, 0.29) is 0 Å². The van der Waals surface area contributed by atoms with E-state index in [0.29, 0.717) is 12.1 Å². The van der Waals surface area contributed by atoms with E-state index in [1.165, 1.54) is 19.3 Å². The van der Waals surface area contributed by atoms with E-state index in [2.05, 4.69) is 19.2 Å². The molecule has 1 N–H and O–H groups in total. The van der Waals surface area contributed by atoms with Gasteiger partial charge in [0.2, 0.25) is 0 Å². The molecule has 0 amide bonds. The number of nitrogens with one attached hydrogen (secondary N) is 1. The van der Waals surface area contributed by atoms with Gasteiger partial charge in [-0.3, -0.25) is 0 Å². The van der Waals surface area contributed by atoms with Crippen LogP contribution in [-0.4, -0.2) is 38.5 Å². The molecule has 0 bridgehead atoms. The lowest BCUT2D eigenvalue weighted by Crippen LogP contribution is -2.45. The van der Waals surface area contributed by atoms with E-state index in [4.69, 9.17) is 9.47 Å². The third kappa shape index (κ3) is 5.50. The second kappa shape index (κ2) is 8.08. The zero-order valence-corrected chi connectivity index (χ0v) is 10.1. The second-order valence-corrected chi connectivity index (χ2v) is 4.18. The molecule has 1 saturated carbocycles. The summed E-state index contributed by atoms with van der Waals surface area (Å²) < 4.78 is 11.1. The van der Waals surface area contributed by atoms with Gasteiger partial charge in [0.25, 0.3) is 0 Å². The predicted molar refractivity (Wildman–Crippen MR) is 62.2 cm³/mol. The van der Waals surface area contributed by atoms with E-state index >= 15 is 0 Å². The predicted octanol–water partition coefficient (Wildman–Crippen LogP) is 1.96. The van der Waals surface area contributed by atoms with Crippen molar-refractivity contribution in [1.82, 2.24) is 5.32 Å². The molecule has 0 aromatic heterocycles. The topological polar surface area (TPSA) is 30.5 Å². The summed E-state index contributed by atoms with van der Waals surface area (Å²) in [6, 6.07) is 0.695. The Morgan fingerprint density at radius 1 is 1.13 bits per heavy atom. The van der Waals surface area contributed by atoms with E-state index in [1.54, 1.807) is 0 Å². The van der Waals surface area contributed by atoms with Crippen LogP contribution in [0.1, 0.15) is 39.5 Å². The zero-order chi connectivity index (χ0) is 10.9. The standard InChI is InChI=1S/C12H25NO2/c1-3-5-6-14-7-8-15-12-9-11(10-12)13-4-2/h11-13H,3-10H2,1-2H3. The maximum absolute atomic E-state index is 5.67. The van der Waals surface area contributed by atoms with Gasteiger partial charge in [-0.05, 0) is 25.8 Å². The van der Waals surface area contributed by atoms with Crippen molar-refractivity contribution in [1.29, 1.82) is 0 Å². The Balaban J connectivity index is 1.78. The molecule has 0 radical (unpaired) electrons. The van der Waals surface area contributed by atoms with Gasteiger partial charge in [0.15, 0.2) is 0 Å². The minimum absolute atomic E-state index is 0.476. The van der Waals surface area contributed by atoms with Crippen molar-refractivity contribution in [2.75, 3.05) is 26.4 Å². The smallest absolute Gasteiger partial charge is 0.0704 e. The van der Waals surface area contributed by atoms with Gasteiger partial charge in [-0.15, -0.1) is 0 Å². The Labute approximate surface area is 93.5 Å². The summed E-state index contributed by atoms with van der Waals surface area (Å²) in [5.41, 5.74) is 0. The fourth-order valence-electron chi connectivity index (χ4n) is 1.78. The molecule has 0 saturated heterocycles. The van der Waals surface area contributed by atoms with Crippen LogP contribution >= 0.6 is 0 Å². The van der Waals surface area contributed by atoms with Crippen LogP contribution in [0.3, 0.4) is 0 Å². The molecule has 90 valence electrons. The van der Waals surface area contributed by atoms with Gasteiger partial charge >= 0.3 is 0 Å². The van der Waals surface area contributed by atoms with Crippen LogP contribution in [0.4, 0.5) is 0 Å². The lowest BCUT2D eigenvalue weighted by molar-refractivity contribution is -0.0417. The third-order valence-corrected chi connectivity index (χ3v) is 2.81. The first-order valence-corrected chi connectivity index (χ1v) is 6.29. The van der Waals surface area contributed by atoms with Crippen molar-refractivity contribution in [2.24, 2.45) is 0 Å². The fourth-order valence-corrected chi connectivity index (χ4v) is 1.78. The Kier molecular flexibility index (Phi) is 6.98. The highest BCUT2D eigenvalue weighted by molar-refractivity contribution is 4.85. The van der Waals surface area contributed by atoms with Crippen molar-refractivity contribution in [3.05, 3.63) is 0 Å². The summed E-state index contributed by atoms with van der Waals surface area (Å²) in [4.78, 5) is 0. The van der Waals surface area contributed by atoms with E-state index in [9.17, 15) is 0 Å².